The summed E-state index contributed by atoms with van der Waals surface area (Å²) in [4.78, 5) is 0.125. The van der Waals surface area contributed by atoms with Crippen LogP contribution in [0, 0.1) is 11.8 Å². The van der Waals surface area contributed by atoms with Crippen molar-refractivity contribution in [3.05, 3.63) is 65.7 Å². The second-order valence-electron chi connectivity index (χ2n) is 9.52. The summed E-state index contributed by atoms with van der Waals surface area (Å²) in [6.07, 6.45) is 5.75. The molecule has 0 fully saturated rings. The van der Waals surface area contributed by atoms with Crippen molar-refractivity contribution >= 4 is 25.6 Å². The Morgan fingerprint density at radius 1 is 0.943 bits per heavy atom. The second-order valence-corrected chi connectivity index (χ2v) is 13.6. The van der Waals surface area contributed by atoms with E-state index >= 15 is 0 Å². The van der Waals surface area contributed by atoms with E-state index in [0.717, 1.165) is 24.8 Å². The number of hydrogen-bond acceptors (Lipinski definition) is 5. The first kappa shape index (κ1) is 27.4. The van der Waals surface area contributed by atoms with Gasteiger partial charge in [-0.25, -0.2) is 26.3 Å². The van der Waals surface area contributed by atoms with E-state index in [1.165, 1.54) is 35.4 Å². The number of phenolic OH excluding ortho intramolecular Hbond substituents is 1. The average molecular weight is 521 g/mol. The Balaban J connectivity index is 1.49. The Morgan fingerprint density at radius 2 is 1.60 bits per heavy atom. The van der Waals surface area contributed by atoms with Gasteiger partial charge >= 0.3 is 0 Å². The highest BCUT2D eigenvalue weighted by atomic mass is 32.2. The highest BCUT2D eigenvalue weighted by molar-refractivity contribution is 7.90. The number of phenols is 1. The van der Waals surface area contributed by atoms with E-state index in [0.29, 0.717) is 18.9 Å². The van der Waals surface area contributed by atoms with Gasteiger partial charge in [-0.1, -0.05) is 37.3 Å². The Hall–Kier alpha value is -2.20. The minimum Gasteiger partial charge on any atom is -0.508 e. The first-order chi connectivity index (χ1) is 16.5. The van der Waals surface area contributed by atoms with Gasteiger partial charge in [-0.05, 0) is 92.3 Å². The summed E-state index contributed by atoms with van der Waals surface area (Å²) in [7, 11) is -6.84. The van der Waals surface area contributed by atoms with Crippen LogP contribution in [0.15, 0.2) is 59.5 Å². The zero-order valence-electron chi connectivity index (χ0n) is 20.6. The van der Waals surface area contributed by atoms with Crippen molar-refractivity contribution in [2.75, 3.05) is 13.1 Å². The number of sulfonamides is 2. The minimum absolute atomic E-state index is 0.0243. The van der Waals surface area contributed by atoms with Crippen molar-refractivity contribution in [1.82, 2.24) is 9.44 Å². The molecule has 0 heterocycles. The molecule has 2 aromatic rings. The van der Waals surface area contributed by atoms with E-state index < -0.39 is 25.3 Å². The Kier molecular flexibility index (Phi) is 9.15. The third kappa shape index (κ3) is 7.64. The van der Waals surface area contributed by atoms with E-state index in [4.69, 9.17) is 0 Å². The summed E-state index contributed by atoms with van der Waals surface area (Å²) in [6, 6.07) is 13.7. The molecule has 0 spiro atoms. The minimum atomic E-state index is -3.61. The number of allylic oxidation sites excluding steroid dienone is 2. The first-order valence-corrected chi connectivity index (χ1v) is 15.1. The molecule has 35 heavy (non-hydrogen) atoms. The zero-order valence-corrected chi connectivity index (χ0v) is 22.2. The van der Waals surface area contributed by atoms with E-state index in [9.17, 15) is 21.9 Å². The lowest BCUT2D eigenvalue weighted by atomic mass is 9.80. The monoisotopic (exact) mass is 520 g/mol. The van der Waals surface area contributed by atoms with E-state index in [-0.39, 0.29) is 23.1 Å². The Morgan fingerprint density at radius 3 is 2.17 bits per heavy atom. The second kappa shape index (κ2) is 11.7. The summed E-state index contributed by atoms with van der Waals surface area (Å²) in [5.74, 6) is 0.750. The molecule has 3 rings (SSSR count). The average Bonchev–Trinajstić information content (AvgIpc) is 2.83. The van der Waals surface area contributed by atoms with Gasteiger partial charge in [0.15, 0.2) is 0 Å². The highest BCUT2D eigenvalue weighted by Crippen LogP contribution is 2.34. The molecule has 2 unspecified atom stereocenters. The molecular weight excluding hydrogens is 484 g/mol. The molecule has 1 aliphatic rings. The molecule has 0 radical (unpaired) electrons. The molecule has 2 atom stereocenters. The van der Waals surface area contributed by atoms with E-state index in [1.54, 1.807) is 13.8 Å². The third-order valence-corrected chi connectivity index (χ3v) is 9.95. The van der Waals surface area contributed by atoms with Gasteiger partial charge in [0.25, 0.3) is 0 Å². The molecular formula is C26H36N2O5S2. The van der Waals surface area contributed by atoms with Crippen LogP contribution in [-0.2, 0) is 26.5 Å². The van der Waals surface area contributed by atoms with Crippen LogP contribution in [0.25, 0.3) is 5.57 Å². The number of nitrogens with one attached hydrogen (secondary N) is 2. The maximum atomic E-state index is 12.4. The van der Waals surface area contributed by atoms with Crippen molar-refractivity contribution in [3.63, 3.8) is 0 Å². The molecule has 0 aliphatic heterocycles. The molecule has 0 amide bonds. The van der Waals surface area contributed by atoms with Crippen LogP contribution in [0.4, 0.5) is 0 Å². The lowest BCUT2D eigenvalue weighted by Gasteiger charge is -2.28. The number of rotatable bonds is 11. The van der Waals surface area contributed by atoms with Gasteiger partial charge in [0.2, 0.25) is 20.0 Å². The van der Waals surface area contributed by atoms with Crippen molar-refractivity contribution in [1.29, 1.82) is 0 Å². The van der Waals surface area contributed by atoms with Crippen molar-refractivity contribution < 1.29 is 21.9 Å². The lowest BCUT2D eigenvalue weighted by Crippen LogP contribution is -2.36. The normalized spacial score (nSPS) is 17.8. The first-order valence-electron chi connectivity index (χ1n) is 12.0. The van der Waals surface area contributed by atoms with Crippen LogP contribution >= 0.6 is 0 Å². The fourth-order valence-corrected chi connectivity index (χ4v) is 6.00. The topological polar surface area (TPSA) is 113 Å². The van der Waals surface area contributed by atoms with E-state index in [2.05, 4.69) is 34.6 Å². The van der Waals surface area contributed by atoms with Crippen LogP contribution in [0.1, 0.15) is 51.2 Å². The molecule has 2 aromatic carbocycles. The molecule has 0 saturated carbocycles. The molecule has 0 aromatic heterocycles. The maximum absolute atomic E-state index is 12.4. The highest BCUT2D eigenvalue weighted by Gasteiger charge is 2.23. The number of benzene rings is 2. The van der Waals surface area contributed by atoms with Crippen LogP contribution in [-0.4, -0.2) is 40.3 Å². The van der Waals surface area contributed by atoms with Crippen molar-refractivity contribution in [2.24, 2.45) is 11.8 Å². The summed E-state index contributed by atoms with van der Waals surface area (Å²) in [5, 5.41) is 8.90. The predicted octanol–water partition coefficient (Wildman–Crippen LogP) is 4.06. The fraction of sp³-hybridized carbons (Fsp3) is 0.462. The van der Waals surface area contributed by atoms with Crippen molar-refractivity contribution in [2.45, 2.75) is 56.6 Å². The van der Waals surface area contributed by atoms with Gasteiger partial charge in [0.05, 0.1) is 10.1 Å². The molecule has 7 nitrogen and oxygen atoms in total. The molecule has 192 valence electrons. The van der Waals surface area contributed by atoms with Gasteiger partial charge < -0.3 is 5.11 Å². The van der Waals surface area contributed by atoms with Gasteiger partial charge in [-0.15, -0.1) is 0 Å². The maximum Gasteiger partial charge on any atom is 0.240 e. The van der Waals surface area contributed by atoms with E-state index in [1.807, 2.05) is 12.1 Å². The third-order valence-electron chi connectivity index (χ3n) is 6.66. The lowest BCUT2D eigenvalue weighted by molar-refractivity contribution is 0.334. The SMILES string of the molecule is CC(CNS(=O)(=O)C(C)C)C1CC=C(c2ccc(CCNS(=O)(=O)c3ccc(O)cc3)cc2)CC1. The number of aromatic hydroxyl groups is 1. The van der Waals surface area contributed by atoms with Crippen LogP contribution in [0.2, 0.25) is 0 Å². The molecule has 0 bridgehead atoms. The standard InChI is InChI=1S/C26H36N2O5S2/c1-19(2)34(30,31)28-18-20(3)22-8-10-24(11-9-22)23-6-4-21(5-7-23)16-17-27-35(32,33)26-14-12-25(29)13-15-26/h4-7,10,12-15,19-20,22,27-29H,8-9,11,16-18H2,1-3H3. The molecule has 3 N–H and O–H groups in total. The fourth-order valence-electron chi connectivity index (χ4n) is 4.14. The summed E-state index contributed by atoms with van der Waals surface area (Å²) in [5.41, 5.74) is 3.52. The number of hydrogen-bond donors (Lipinski definition) is 3. The van der Waals surface area contributed by atoms with Gasteiger partial charge in [-0.2, -0.15) is 0 Å². The van der Waals surface area contributed by atoms with Gasteiger partial charge in [-0.3, -0.25) is 0 Å². The molecule has 1 aliphatic carbocycles. The molecule has 9 heteroatoms. The van der Waals surface area contributed by atoms with Gasteiger partial charge in [0.1, 0.15) is 5.75 Å². The Bertz CT molecular complexity index is 1220. The molecule has 0 saturated heterocycles. The summed E-state index contributed by atoms with van der Waals surface area (Å²) >= 11 is 0. The van der Waals surface area contributed by atoms with Crippen LogP contribution in [0.3, 0.4) is 0 Å². The van der Waals surface area contributed by atoms with Crippen LogP contribution < -0.4 is 9.44 Å². The predicted molar refractivity (Wildman–Crippen MR) is 140 cm³/mol. The van der Waals surface area contributed by atoms with Crippen molar-refractivity contribution in [3.8, 4) is 5.75 Å². The summed E-state index contributed by atoms with van der Waals surface area (Å²) < 4.78 is 54.1. The Labute approximate surface area is 209 Å². The van der Waals surface area contributed by atoms with Gasteiger partial charge in [0, 0.05) is 13.1 Å². The zero-order chi connectivity index (χ0) is 25.6. The van der Waals surface area contributed by atoms with Crippen LogP contribution in [0.5, 0.6) is 5.75 Å². The smallest absolute Gasteiger partial charge is 0.240 e. The quantitative estimate of drug-likeness (QED) is 0.414. The largest absolute Gasteiger partial charge is 0.508 e. The summed E-state index contributed by atoms with van der Waals surface area (Å²) in [6.45, 7) is 6.23.